The fraction of sp³-hybridized carbons (Fsp3) is 0.739. The first-order chi connectivity index (χ1) is 14.7. The summed E-state index contributed by atoms with van der Waals surface area (Å²) < 4.78 is 12.0. The number of aryl methyl sites for hydroxylation is 1. The molecule has 7 heteroatoms. The summed E-state index contributed by atoms with van der Waals surface area (Å²) in [6, 6.07) is 0.671. The van der Waals surface area contributed by atoms with Crippen molar-refractivity contribution in [2.24, 2.45) is 0 Å². The zero-order chi connectivity index (χ0) is 20.5. The number of aliphatic hydroxyl groups is 1. The molecule has 30 heavy (non-hydrogen) atoms. The van der Waals surface area contributed by atoms with Gasteiger partial charge in [-0.2, -0.15) is 0 Å². The lowest BCUT2D eigenvalue weighted by Gasteiger charge is -2.38. The van der Waals surface area contributed by atoms with Gasteiger partial charge in [-0.1, -0.05) is 6.92 Å². The minimum Gasteiger partial charge on any atom is -0.474 e. The van der Waals surface area contributed by atoms with E-state index < -0.39 is 0 Å². The Morgan fingerprint density at radius 1 is 1.20 bits per heavy atom. The van der Waals surface area contributed by atoms with Crippen LogP contribution in [-0.4, -0.2) is 64.5 Å². The van der Waals surface area contributed by atoms with Gasteiger partial charge in [0.2, 0.25) is 5.88 Å². The van der Waals surface area contributed by atoms with E-state index in [1.165, 1.54) is 23.3 Å². The summed E-state index contributed by atoms with van der Waals surface area (Å²) >= 11 is 1.79. The Morgan fingerprint density at radius 3 is 2.77 bits per heavy atom. The summed E-state index contributed by atoms with van der Waals surface area (Å²) in [6.45, 7) is 5.92. The predicted octanol–water partition coefficient (Wildman–Crippen LogP) is 3.90. The second kappa shape index (κ2) is 9.07. The maximum Gasteiger partial charge on any atom is 0.225 e. The van der Waals surface area contributed by atoms with Gasteiger partial charge in [0, 0.05) is 24.0 Å². The molecule has 0 bridgehead atoms. The Balaban J connectivity index is 1.31. The van der Waals surface area contributed by atoms with Crippen LogP contribution in [0.5, 0.6) is 5.88 Å². The first-order valence-corrected chi connectivity index (χ1v) is 12.5. The third kappa shape index (κ3) is 4.09. The molecule has 2 aromatic rings. The van der Waals surface area contributed by atoms with Crippen molar-refractivity contribution in [3.05, 3.63) is 16.8 Å². The summed E-state index contributed by atoms with van der Waals surface area (Å²) in [5.41, 5.74) is 1.36. The number of hydrogen-bond donors (Lipinski definition) is 1. The molecule has 0 spiro atoms. The van der Waals surface area contributed by atoms with E-state index in [4.69, 9.17) is 9.47 Å². The lowest BCUT2D eigenvalue weighted by Crippen LogP contribution is -2.46. The number of thiophene rings is 1. The van der Waals surface area contributed by atoms with Crippen molar-refractivity contribution >= 4 is 21.6 Å². The standard InChI is InChI=1S/C23H33N3O3S/c1-2-17(27)13-15-3-8-19-20(15)21-22(24-14-25-23(21)30-19)29-18-6-4-16(5-7-18)26-9-11-28-12-10-26/h14-18,27H,2-13H2,1H3/t15-,16?,17+,18?/m1/s1. The molecule has 0 radical (unpaired) electrons. The van der Waals surface area contributed by atoms with E-state index in [1.54, 1.807) is 17.7 Å². The van der Waals surface area contributed by atoms with E-state index in [-0.39, 0.29) is 12.2 Å². The van der Waals surface area contributed by atoms with Crippen LogP contribution in [-0.2, 0) is 11.2 Å². The average Bonchev–Trinajstić information content (AvgIpc) is 3.35. The number of ether oxygens (including phenoxy) is 2. The fourth-order valence-electron chi connectivity index (χ4n) is 5.49. The molecule has 2 fully saturated rings. The van der Waals surface area contributed by atoms with E-state index in [1.807, 2.05) is 0 Å². The quantitative estimate of drug-likeness (QED) is 0.748. The van der Waals surface area contributed by atoms with E-state index in [0.29, 0.717) is 12.0 Å². The van der Waals surface area contributed by atoms with Crippen LogP contribution in [0.4, 0.5) is 0 Å². The molecule has 0 amide bonds. The molecule has 6 nitrogen and oxygen atoms in total. The maximum atomic E-state index is 10.2. The zero-order valence-electron chi connectivity index (χ0n) is 17.9. The molecule has 1 saturated carbocycles. The number of aliphatic hydroxyl groups excluding tert-OH is 1. The summed E-state index contributed by atoms with van der Waals surface area (Å²) in [6.07, 6.45) is 10.0. The average molecular weight is 432 g/mol. The Bertz CT molecular complexity index is 859. The number of hydrogen-bond acceptors (Lipinski definition) is 7. The molecule has 0 aromatic carbocycles. The normalized spacial score (nSPS) is 28.5. The van der Waals surface area contributed by atoms with Gasteiger partial charge in [0.1, 0.15) is 17.3 Å². The van der Waals surface area contributed by atoms with Gasteiger partial charge in [-0.15, -0.1) is 11.3 Å². The monoisotopic (exact) mass is 431 g/mol. The molecule has 1 N–H and O–H groups in total. The molecule has 0 unspecified atom stereocenters. The third-order valence-corrected chi connectivity index (χ3v) is 8.38. The Hall–Kier alpha value is -1.28. The number of fused-ring (bicyclic) bond motifs is 3. The minimum absolute atomic E-state index is 0.233. The zero-order valence-corrected chi connectivity index (χ0v) is 18.7. The molecule has 1 aliphatic heterocycles. The van der Waals surface area contributed by atoms with Gasteiger partial charge >= 0.3 is 0 Å². The topological polar surface area (TPSA) is 67.7 Å². The highest BCUT2D eigenvalue weighted by molar-refractivity contribution is 7.19. The summed E-state index contributed by atoms with van der Waals surface area (Å²) in [5.74, 6) is 1.17. The first-order valence-electron chi connectivity index (χ1n) is 11.7. The smallest absolute Gasteiger partial charge is 0.225 e. The summed E-state index contributed by atoms with van der Waals surface area (Å²) in [7, 11) is 0. The van der Waals surface area contributed by atoms with Crippen LogP contribution in [0.3, 0.4) is 0 Å². The van der Waals surface area contributed by atoms with Crippen molar-refractivity contribution in [2.45, 2.75) is 82.5 Å². The molecular weight excluding hydrogens is 398 g/mol. The highest BCUT2D eigenvalue weighted by Gasteiger charge is 2.33. The highest BCUT2D eigenvalue weighted by atomic mass is 32.1. The predicted molar refractivity (Wildman–Crippen MR) is 118 cm³/mol. The van der Waals surface area contributed by atoms with E-state index >= 15 is 0 Å². The lowest BCUT2D eigenvalue weighted by atomic mass is 9.91. The molecular formula is C23H33N3O3S. The Labute approximate surface area is 182 Å². The van der Waals surface area contributed by atoms with Crippen LogP contribution >= 0.6 is 11.3 Å². The number of aromatic nitrogens is 2. The molecule has 1 saturated heterocycles. The number of rotatable bonds is 6. The van der Waals surface area contributed by atoms with Crippen molar-refractivity contribution in [2.75, 3.05) is 26.3 Å². The van der Waals surface area contributed by atoms with Crippen LogP contribution in [0, 0.1) is 0 Å². The second-order valence-corrected chi connectivity index (χ2v) is 10.1. The molecule has 2 aliphatic carbocycles. The second-order valence-electron chi connectivity index (χ2n) is 9.03. The molecule has 3 heterocycles. The summed E-state index contributed by atoms with van der Waals surface area (Å²) in [5, 5.41) is 11.4. The van der Waals surface area contributed by atoms with E-state index in [0.717, 1.165) is 80.9 Å². The van der Waals surface area contributed by atoms with Crippen LogP contribution in [0.15, 0.2) is 6.33 Å². The van der Waals surface area contributed by atoms with Crippen LogP contribution in [0.1, 0.15) is 68.2 Å². The minimum atomic E-state index is -0.236. The lowest BCUT2D eigenvalue weighted by molar-refractivity contribution is -0.00126. The van der Waals surface area contributed by atoms with Crippen molar-refractivity contribution in [3.8, 4) is 5.88 Å². The Morgan fingerprint density at radius 2 is 2.00 bits per heavy atom. The van der Waals surface area contributed by atoms with Crippen molar-refractivity contribution in [1.29, 1.82) is 0 Å². The first kappa shape index (κ1) is 20.6. The van der Waals surface area contributed by atoms with Gasteiger partial charge in [0.05, 0.1) is 24.7 Å². The van der Waals surface area contributed by atoms with Crippen molar-refractivity contribution < 1.29 is 14.6 Å². The van der Waals surface area contributed by atoms with E-state index in [9.17, 15) is 5.11 Å². The van der Waals surface area contributed by atoms with E-state index in [2.05, 4.69) is 21.8 Å². The Kier molecular flexibility index (Phi) is 6.23. The van der Waals surface area contributed by atoms with Crippen LogP contribution in [0.25, 0.3) is 10.2 Å². The van der Waals surface area contributed by atoms with Gasteiger partial charge in [-0.3, -0.25) is 4.90 Å². The maximum absolute atomic E-state index is 10.2. The molecule has 3 aliphatic rings. The van der Waals surface area contributed by atoms with Gasteiger partial charge < -0.3 is 14.6 Å². The third-order valence-electron chi connectivity index (χ3n) is 7.21. The molecule has 2 atom stereocenters. The molecule has 5 rings (SSSR count). The number of morpholine rings is 1. The van der Waals surface area contributed by atoms with Gasteiger partial charge in [-0.05, 0) is 62.8 Å². The van der Waals surface area contributed by atoms with Crippen LogP contribution in [0.2, 0.25) is 0 Å². The SMILES string of the molecule is CC[C@H](O)C[C@H]1CCc2sc3ncnc(OC4CCC(N5CCOCC5)CC4)c3c21. The highest BCUT2D eigenvalue weighted by Crippen LogP contribution is 2.48. The van der Waals surface area contributed by atoms with Crippen molar-refractivity contribution in [1.82, 2.24) is 14.9 Å². The van der Waals surface area contributed by atoms with Gasteiger partial charge in [-0.25, -0.2) is 9.97 Å². The molecule has 2 aromatic heterocycles. The van der Waals surface area contributed by atoms with Crippen LogP contribution < -0.4 is 4.74 Å². The number of nitrogens with zero attached hydrogens (tertiary/aromatic N) is 3. The summed E-state index contributed by atoms with van der Waals surface area (Å²) in [4.78, 5) is 14.2. The van der Waals surface area contributed by atoms with Gasteiger partial charge in [0.25, 0.3) is 0 Å². The molecule has 164 valence electrons. The van der Waals surface area contributed by atoms with Crippen molar-refractivity contribution in [3.63, 3.8) is 0 Å². The van der Waals surface area contributed by atoms with Gasteiger partial charge in [0.15, 0.2) is 0 Å². The largest absolute Gasteiger partial charge is 0.474 e. The fourth-order valence-corrected chi connectivity index (χ4v) is 6.72.